The van der Waals surface area contributed by atoms with Crippen molar-refractivity contribution in [3.05, 3.63) is 57.5 Å². The van der Waals surface area contributed by atoms with E-state index in [0.29, 0.717) is 5.69 Å². The smallest absolute Gasteiger partial charge is 0.159 e. The molecule has 0 radical (unpaired) electrons. The Morgan fingerprint density at radius 2 is 1.90 bits per heavy atom. The van der Waals surface area contributed by atoms with Crippen LogP contribution in [-0.4, -0.2) is 9.55 Å². The lowest BCUT2D eigenvalue weighted by atomic mass is 10.0. The molecule has 4 heteroatoms. The highest BCUT2D eigenvalue weighted by Crippen LogP contribution is 2.29. The fraction of sp³-hybridized carbons (Fsp3) is 0.176. The number of hydrogen-bond donors (Lipinski definition) is 0. The third kappa shape index (κ3) is 2.37. The highest BCUT2D eigenvalue weighted by atomic mass is 32.1. The molecule has 3 nitrogen and oxygen atoms in total. The van der Waals surface area contributed by atoms with Crippen LogP contribution in [0.1, 0.15) is 22.4 Å². The van der Waals surface area contributed by atoms with E-state index in [4.69, 9.17) is 0 Å². The number of imidazole rings is 1. The van der Waals surface area contributed by atoms with Crippen LogP contribution in [0.4, 0.5) is 0 Å². The first-order valence-electron chi connectivity index (χ1n) is 6.70. The number of hydrogen-bond acceptors (Lipinski definition) is 3. The Morgan fingerprint density at radius 1 is 1.19 bits per heavy atom. The molecule has 0 aliphatic heterocycles. The van der Waals surface area contributed by atoms with Gasteiger partial charge in [-0.25, -0.2) is 4.98 Å². The second kappa shape index (κ2) is 5.19. The Hall–Kier alpha value is -2.38. The fourth-order valence-corrected chi connectivity index (χ4v) is 3.39. The highest BCUT2D eigenvalue weighted by molar-refractivity contribution is 7.08. The zero-order chi connectivity index (χ0) is 15.0. The van der Waals surface area contributed by atoms with Crippen molar-refractivity contribution in [3.63, 3.8) is 0 Å². The molecule has 0 saturated heterocycles. The molecular formula is C17H15N3S. The quantitative estimate of drug-likeness (QED) is 0.703. The van der Waals surface area contributed by atoms with Crippen LogP contribution >= 0.6 is 11.3 Å². The molecular weight excluding hydrogens is 278 g/mol. The maximum Gasteiger partial charge on any atom is 0.159 e. The molecule has 104 valence electrons. The Bertz CT molecular complexity index is 813. The lowest BCUT2D eigenvalue weighted by molar-refractivity contribution is 1.03. The van der Waals surface area contributed by atoms with Gasteiger partial charge < -0.3 is 0 Å². The summed E-state index contributed by atoms with van der Waals surface area (Å²) >= 11 is 1.63. The minimum atomic E-state index is 0.440. The van der Waals surface area contributed by atoms with Crippen molar-refractivity contribution in [2.45, 2.75) is 20.8 Å². The monoisotopic (exact) mass is 293 g/mol. The van der Waals surface area contributed by atoms with Gasteiger partial charge in [0.2, 0.25) is 0 Å². The minimum Gasteiger partial charge on any atom is -0.298 e. The first-order chi connectivity index (χ1) is 10.1. The van der Waals surface area contributed by atoms with E-state index in [1.807, 2.05) is 22.2 Å². The molecule has 2 heterocycles. The Morgan fingerprint density at radius 3 is 2.48 bits per heavy atom. The molecule has 0 unspecified atom stereocenters. The second-order valence-electron chi connectivity index (χ2n) is 5.19. The number of benzene rings is 1. The molecule has 0 aliphatic rings. The molecule has 0 atom stereocenters. The average Bonchev–Trinajstić information content (AvgIpc) is 3.05. The van der Waals surface area contributed by atoms with E-state index in [-0.39, 0.29) is 0 Å². The summed E-state index contributed by atoms with van der Waals surface area (Å²) in [5.41, 5.74) is 6.20. The Kier molecular flexibility index (Phi) is 3.36. The lowest BCUT2D eigenvalue weighted by Crippen LogP contribution is -2.01. The molecule has 0 N–H and O–H groups in total. The van der Waals surface area contributed by atoms with Crippen molar-refractivity contribution in [2.75, 3.05) is 0 Å². The van der Waals surface area contributed by atoms with Crippen molar-refractivity contribution in [2.24, 2.45) is 0 Å². The van der Waals surface area contributed by atoms with Crippen molar-refractivity contribution in [3.8, 4) is 23.1 Å². The number of nitrogens with zero attached hydrogens (tertiary/aromatic N) is 3. The van der Waals surface area contributed by atoms with Crippen LogP contribution in [0, 0.1) is 32.1 Å². The van der Waals surface area contributed by atoms with Crippen LogP contribution in [0.5, 0.6) is 0 Å². The number of rotatable bonds is 2. The predicted octanol–water partition coefficient (Wildman–Crippen LogP) is 4.40. The van der Waals surface area contributed by atoms with Crippen molar-refractivity contribution < 1.29 is 0 Å². The van der Waals surface area contributed by atoms with E-state index in [1.165, 1.54) is 16.7 Å². The van der Waals surface area contributed by atoms with Crippen LogP contribution < -0.4 is 0 Å². The maximum absolute atomic E-state index is 9.18. The summed E-state index contributed by atoms with van der Waals surface area (Å²) in [7, 11) is 0. The van der Waals surface area contributed by atoms with Crippen LogP contribution in [0.25, 0.3) is 17.1 Å². The van der Waals surface area contributed by atoms with E-state index in [1.54, 1.807) is 11.3 Å². The molecule has 21 heavy (non-hydrogen) atoms. The van der Waals surface area contributed by atoms with Gasteiger partial charge in [0.15, 0.2) is 5.69 Å². The van der Waals surface area contributed by atoms with Gasteiger partial charge in [0.25, 0.3) is 0 Å². The summed E-state index contributed by atoms with van der Waals surface area (Å²) in [5, 5.41) is 13.3. The third-order valence-electron chi connectivity index (χ3n) is 3.48. The number of thiophene rings is 1. The van der Waals surface area contributed by atoms with E-state index < -0.39 is 0 Å². The largest absolute Gasteiger partial charge is 0.298 e. The molecule has 0 fully saturated rings. The fourth-order valence-electron chi connectivity index (χ4n) is 2.75. The molecule has 3 aromatic rings. The SMILES string of the molecule is Cc1cc(C)c(-n2cc(C#N)nc2-c2ccsc2)c(C)c1. The summed E-state index contributed by atoms with van der Waals surface area (Å²) in [6.07, 6.45) is 1.82. The first-order valence-corrected chi connectivity index (χ1v) is 7.64. The molecule has 0 aliphatic carbocycles. The third-order valence-corrected chi connectivity index (χ3v) is 4.16. The van der Waals surface area contributed by atoms with Crippen LogP contribution in [0.15, 0.2) is 35.2 Å². The molecule has 0 saturated carbocycles. The summed E-state index contributed by atoms with van der Waals surface area (Å²) < 4.78 is 2.03. The van der Waals surface area contributed by atoms with E-state index in [9.17, 15) is 5.26 Å². The molecule has 0 amide bonds. The van der Waals surface area contributed by atoms with Crippen molar-refractivity contribution in [1.29, 1.82) is 5.26 Å². The zero-order valence-corrected chi connectivity index (χ0v) is 13.0. The second-order valence-corrected chi connectivity index (χ2v) is 5.97. The van der Waals surface area contributed by atoms with Gasteiger partial charge in [0.1, 0.15) is 11.9 Å². The van der Waals surface area contributed by atoms with Crippen molar-refractivity contribution >= 4 is 11.3 Å². The molecule has 1 aromatic carbocycles. The summed E-state index contributed by atoms with van der Waals surface area (Å²) in [6, 6.07) is 8.49. The molecule has 0 bridgehead atoms. The maximum atomic E-state index is 9.18. The Balaban J connectivity index is 2.29. The van der Waals surface area contributed by atoms with E-state index in [2.05, 4.69) is 49.3 Å². The summed E-state index contributed by atoms with van der Waals surface area (Å²) in [6.45, 7) is 6.29. The summed E-state index contributed by atoms with van der Waals surface area (Å²) in [5.74, 6) is 0.822. The van der Waals surface area contributed by atoms with Gasteiger partial charge in [0.05, 0.1) is 5.69 Å². The topological polar surface area (TPSA) is 41.6 Å². The van der Waals surface area contributed by atoms with Crippen LogP contribution in [0.2, 0.25) is 0 Å². The van der Waals surface area contributed by atoms with E-state index in [0.717, 1.165) is 17.1 Å². The highest BCUT2D eigenvalue weighted by Gasteiger charge is 2.15. The van der Waals surface area contributed by atoms with Gasteiger partial charge in [-0.3, -0.25) is 4.57 Å². The van der Waals surface area contributed by atoms with Crippen LogP contribution in [0.3, 0.4) is 0 Å². The molecule has 3 rings (SSSR count). The van der Waals surface area contributed by atoms with Crippen molar-refractivity contribution in [1.82, 2.24) is 9.55 Å². The van der Waals surface area contributed by atoms with Gasteiger partial charge in [-0.2, -0.15) is 16.6 Å². The minimum absolute atomic E-state index is 0.440. The van der Waals surface area contributed by atoms with Gasteiger partial charge in [-0.05, 0) is 43.3 Å². The molecule has 0 spiro atoms. The average molecular weight is 293 g/mol. The summed E-state index contributed by atoms with van der Waals surface area (Å²) in [4.78, 5) is 4.46. The predicted molar refractivity (Wildman–Crippen MR) is 85.8 cm³/mol. The molecule has 2 aromatic heterocycles. The number of aryl methyl sites for hydroxylation is 3. The number of aromatic nitrogens is 2. The lowest BCUT2D eigenvalue weighted by Gasteiger charge is -2.14. The standard InChI is InChI=1S/C17H15N3S/c1-11-6-12(2)16(13(3)7-11)20-9-15(8-18)19-17(20)14-4-5-21-10-14/h4-7,9-10H,1-3H3. The number of nitriles is 1. The van der Waals surface area contributed by atoms with Gasteiger partial charge in [-0.15, -0.1) is 0 Å². The first kappa shape index (κ1) is 13.6. The normalized spacial score (nSPS) is 10.6. The van der Waals surface area contributed by atoms with Gasteiger partial charge in [-0.1, -0.05) is 17.7 Å². The van der Waals surface area contributed by atoms with E-state index >= 15 is 0 Å². The van der Waals surface area contributed by atoms with Gasteiger partial charge in [0, 0.05) is 17.1 Å². The zero-order valence-electron chi connectivity index (χ0n) is 12.2. The van der Waals surface area contributed by atoms with Crippen LogP contribution in [-0.2, 0) is 0 Å². The Labute approximate surface area is 128 Å². The van der Waals surface area contributed by atoms with Gasteiger partial charge >= 0.3 is 0 Å².